The Morgan fingerprint density at radius 1 is 1.32 bits per heavy atom. The Morgan fingerprint density at radius 2 is 2.11 bits per heavy atom. The van der Waals surface area contributed by atoms with E-state index in [-0.39, 0.29) is 18.5 Å². The van der Waals surface area contributed by atoms with Crippen molar-refractivity contribution < 1.29 is 18.0 Å². The van der Waals surface area contributed by atoms with Crippen LogP contribution in [0, 0.1) is 0 Å². The number of amides is 1. The molecule has 2 aromatic heterocycles. The predicted molar refractivity (Wildman–Crippen MR) is 96.2 cm³/mol. The highest BCUT2D eigenvalue weighted by Gasteiger charge is 2.38. The van der Waals surface area contributed by atoms with Gasteiger partial charge in [-0.25, -0.2) is 4.98 Å². The molecular weight excluding hydrogens is 375 g/mol. The highest BCUT2D eigenvalue weighted by molar-refractivity contribution is 6.05. The van der Waals surface area contributed by atoms with Crippen molar-refractivity contribution in [3.63, 3.8) is 0 Å². The van der Waals surface area contributed by atoms with Crippen molar-refractivity contribution in [1.29, 1.82) is 0 Å². The van der Waals surface area contributed by atoms with Crippen molar-refractivity contribution in [2.24, 2.45) is 0 Å². The van der Waals surface area contributed by atoms with Crippen LogP contribution < -0.4 is 15.1 Å². The van der Waals surface area contributed by atoms with E-state index in [0.717, 1.165) is 28.9 Å². The van der Waals surface area contributed by atoms with Gasteiger partial charge >= 0.3 is 6.18 Å². The van der Waals surface area contributed by atoms with Crippen molar-refractivity contribution in [3.05, 3.63) is 23.7 Å². The van der Waals surface area contributed by atoms with E-state index in [1.54, 1.807) is 4.90 Å². The summed E-state index contributed by atoms with van der Waals surface area (Å²) in [7, 11) is 1.82. The lowest BCUT2D eigenvalue weighted by molar-refractivity contribution is -0.142. The maximum atomic E-state index is 12.5. The number of carbonyl (C=O) groups is 1. The lowest BCUT2D eigenvalue weighted by Crippen LogP contribution is -2.53. The van der Waals surface area contributed by atoms with Gasteiger partial charge in [-0.05, 0) is 19.8 Å². The number of alkyl halides is 3. The van der Waals surface area contributed by atoms with E-state index in [2.05, 4.69) is 20.4 Å². The summed E-state index contributed by atoms with van der Waals surface area (Å²) in [6.07, 6.45) is -0.0107. The van der Waals surface area contributed by atoms with E-state index in [0.29, 0.717) is 23.9 Å². The molecule has 2 aromatic rings. The molecule has 0 aliphatic carbocycles. The first-order chi connectivity index (χ1) is 13.2. The summed E-state index contributed by atoms with van der Waals surface area (Å²) < 4.78 is 38.2. The Kier molecular flexibility index (Phi) is 4.39. The number of carbonyl (C=O) groups excluding carboxylic acids is 1. The normalized spacial score (nSPS) is 19.0. The third-order valence-electron chi connectivity index (χ3n) is 5.02. The minimum absolute atomic E-state index is 0.0392. The standard InChI is InChI=1S/C17H20F3N7O/c1-10-15(28)27-5-3-4-12-13(27)14(25(10)2)24-16(23-12)21-6-11-7-22-26(8-11)9-17(18,19)20/h7-8,10H,3-6,9H2,1-2H3,(H,21,23,24). The molecule has 1 atom stereocenters. The minimum Gasteiger partial charge on any atom is -0.350 e. The summed E-state index contributed by atoms with van der Waals surface area (Å²) in [5, 5.41) is 6.79. The molecule has 1 amide bonds. The number of hydrogen-bond donors (Lipinski definition) is 1. The molecule has 0 aromatic carbocycles. The molecule has 1 unspecified atom stereocenters. The van der Waals surface area contributed by atoms with Crippen molar-refractivity contribution in [3.8, 4) is 0 Å². The van der Waals surface area contributed by atoms with Crippen LogP contribution in [0.2, 0.25) is 0 Å². The van der Waals surface area contributed by atoms with Crippen LogP contribution in [0.4, 0.5) is 30.6 Å². The van der Waals surface area contributed by atoms with Crippen LogP contribution in [0.25, 0.3) is 0 Å². The van der Waals surface area contributed by atoms with Gasteiger partial charge in [0.25, 0.3) is 0 Å². The number of aryl methyl sites for hydroxylation is 1. The second kappa shape index (κ2) is 6.64. The fraction of sp³-hybridized carbons (Fsp3) is 0.529. The maximum absolute atomic E-state index is 12.5. The summed E-state index contributed by atoms with van der Waals surface area (Å²) in [6.45, 7) is 1.62. The zero-order valence-corrected chi connectivity index (χ0v) is 15.5. The Hall–Kier alpha value is -2.85. The average molecular weight is 395 g/mol. The lowest BCUT2D eigenvalue weighted by atomic mass is 10.0. The predicted octanol–water partition coefficient (Wildman–Crippen LogP) is 1.96. The fourth-order valence-electron chi connectivity index (χ4n) is 3.52. The number of nitrogens with zero attached hydrogens (tertiary/aromatic N) is 6. The van der Waals surface area contributed by atoms with Gasteiger partial charge in [-0.15, -0.1) is 0 Å². The van der Waals surface area contributed by atoms with Crippen LogP contribution in [0.3, 0.4) is 0 Å². The molecule has 8 nitrogen and oxygen atoms in total. The van der Waals surface area contributed by atoms with Crippen molar-refractivity contribution in [1.82, 2.24) is 19.7 Å². The molecule has 0 bridgehead atoms. The number of anilines is 3. The Labute approximate surface area is 159 Å². The number of nitrogens with one attached hydrogen (secondary N) is 1. The first kappa shape index (κ1) is 18.5. The number of aromatic nitrogens is 4. The van der Waals surface area contributed by atoms with E-state index in [1.165, 1.54) is 12.4 Å². The van der Waals surface area contributed by atoms with Gasteiger partial charge < -0.3 is 15.1 Å². The summed E-state index contributed by atoms with van der Waals surface area (Å²) in [6, 6.07) is -0.318. The number of halogens is 3. The van der Waals surface area contributed by atoms with Crippen molar-refractivity contribution in [2.45, 2.75) is 45.1 Å². The van der Waals surface area contributed by atoms with E-state index < -0.39 is 12.7 Å². The quantitative estimate of drug-likeness (QED) is 0.853. The molecule has 0 radical (unpaired) electrons. The van der Waals surface area contributed by atoms with E-state index >= 15 is 0 Å². The van der Waals surface area contributed by atoms with Gasteiger partial charge in [0.15, 0.2) is 5.82 Å². The average Bonchev–Trinajstić information content (AvgIpc) is 3.07. The Morgan fingerprint density at radius 3 is 2.86 bits per heavy atom. The van der Waals surface area contributed by atoms with Gasteiger partial charge in [-0.2, -0.15) is 23.3 Å². The van der Waals surface area contributed by atoms with Crippen molar-refractivity contribution in [2.75, 3.05) is 28.7 Å². The smallest absolute Gasteiger partial charge is 0.350 e. The minimum atomic E-state index is -4.31. The van der Waals surface area contributed by atoms with E-state index in [4.69, 9.17) is 0 Å². The highest BCUT2D eigenvalue weighted by Crippen LogP contribution is 2.39. The topological polar surface area (TPSA) is 79.2 Å². The second-order valence-corrected chi connectivity index (χ2v) is 7.06. The fourth-order valence-corrected chi connectivity index (χ4v) is 3.52. The SMILES string of the molecule is CC1C(=O)N2CCCc3nc(NCc4cnn(CC(F)(F)F)c4)nc(c32)N1C. The first-order valence-electron chi connectivity index (χ1n) is 9.00. The van der Waals surface area contributed by atoms with Gasteiger partial charge in [-0.3, -0.25) is 9.48 Å². The zero-order valence-electron chi connectivity index (χ0n) is 15.5. The molecule has 150 valence electrons. The molecule has 1 N–H and O–H groups in total. The van der Waals surface area contributed by atoms with Crippen LogP contribution in [0.15, 0.2) is 12.4 Å². The summed E-state index contributed by atoms with van der Waals surface area (Å²) in [4.78, 5) is 25.2. The van der Waals surface area contributed by atoms with Gasteiger partial charge in [0.05, 0.1) is 11.9 Å². The number of likely N-dealkylation sites (N-methyl/N-ethyl adjacent to an activating group) is 1. The molecule has 2 aliphatic heterocycles. The third kappa shape index (κ3) is 3.36. The van der Waals surface area contributed by atoms with E-state index in [9.17, 15) is 18.0 Å². The van der Waals surface area contributed by atoms with Gasteiger partial charge in [0.1, 0.15) is 18.3 Å². The molecule has 0 spiro atoms. The Bertz CT molecular complexity index is 911. The number of hydrogen-bond acceptors (Lipinski definition) is 6. The monoisotopic (exact) mass is 395 g/mol. The third-order valence-corrected chi connectivity index (χ3v) is 5.02. The molecule has 0 saturated carbocycles. The molecule has 0 saturated heterocycles. The summed E-state index contributed by atoms with van der Waals surface area (Å²) >= 11 is 0. The van der Waals surface area contributed by atoms with Crippen molar-refractivity contribution >= 4 is 23.4 Å². The van der Waals surface area contributed by atoms with E-state index in [1.807, 2.05) is 18.9 Å². The van der Waals surface area contributed by atoms with Gasteiger partial charge in [0.2, 0.25) is 11.9 Å². The highest BCUT2D eigenvalue weighted by atomic mass is 19.4. The van der Waals surface area contributed by atoms with Gasteiger partial charge in [0, 0.05) is 31.9 Å². The van der Waals surface area contributed by atoms with Crippen LogP contribution >= 0.6 is 0 Å². The molecule has 28 heavy (non-hydrogen) atoms. The molecule has 2 aliphatic rings. The zero-order chi connectivity index (χ0) is 20.1. The van der Waals surface area contributed by atoms with Crippen LogP contribution in [0.1, 0.15) is 24.6 Å². The largest absolute Gasteiger partial charge is 0.408 e. The van der Waals surface area contributed by atoms with Gasteiger partial charge in [-0.1, -0.05) is 0 Å². The van der Waals surface area contributed by atoms with Crippen LogP contribution in [0.5, 0.6) is 0 Å². The lowest BCUT2D eigenvalue weighted by Gasteiger charge is -2.41. The molecule has 0 fully saturated rings. The number of rotatable bonds is 4. The molecule has 4 heterocycles. The molecule has 4 rings (SSSR count). The summed E-state index contributed by atoms with van der Waals surface area (Å²) in [5.41, 5.74) is 2.16. The van der Waals surface area contributed by atoms with Crippen LogP contribution in [-0.2, 0) is 24.3 Å². The first-order valence-corrected chi connectivity index (χ1v) is 9.00. The molecule has 11 heteroatoms. The second-order valence-electron chi connectivity index (χ2n) is 7.06. The van der Waals surface area contributed by atoms with Crippen LogP contribution in [-0.4, -0.2) is 51.5 Å². The maximum Gasteiger partial charge on any atom is 0.408 e. The molecular formula is C17H20F3N7O. The summed E-state index contributed by atoms with van der Waals surface area (Å²) in [5.74, 6) is 1.11. The Balaban J connectivity index is 1.55.